The molecule has 5 rings (SSSR count). The van der Waals surface area contributed by atoms with Gasteiger partial charge in [0.2, 0.25) is 0 Å². The molecule has 2 N–H and O–H groups in total. The molecule has 0 saturated carbocycles. The monoisotopic (exact) mass is 520 g/mol. The summed E-state index contributed by atoms with van der Waals surface area (Å²) in [7, 11) is 0. The predicted molar refractivity (Wildman–Crippen MR) is 136 cm³/mol. The van der Waals surface area contributed by atoms with E-state index in [2.05, 4.69) is 4.98 Å². The summed E-state index contributed by atoms with van der Waals surface area (Å²) in [5, 5.41) is 21.3. The Hall–Kier alpha value is -4.18. The lowest BCUT2D eigenvalue weighted by atomic mass is 9.94. The number of ketones is 1. The number of carbonyl (C=O) groups is 3. The van der Waals surface area contributed by atoms with E-state index in [4.69, 9.17) is 9.47 Å². The molecule has 37 heavy (non-hydrogen) atoms. The number of hydrogen-bond donors (Lipinski definition) is 2. The van der Waals surface area contributed by atoms with Crippen LogP contribution in [0.1, 0.15) is 51.9 Å². The average molecular weight is 521 g/mol. The molecule has 2 aliphatic rings. The van der Waals surface area contributed by atoms with Crippen molar-refractivity contribution in [3.8, 4) is 11.5 Å². The Morgan fingerprint density at radius 1 is 1.22 bits per heavy atom. The second-order valence-electron chi connectivity index (χ2n) is 8.85. The average Bonchev–Trinajstić information content (AvgIpc) is 3.51. The van der Waals surface area contributed by atoms with Crippen LogP contribution in [0, 0.1) is 6.92 Å². The molecule has 0 bridgehead atoms. The van der Waals surface area contributed by atoms with E-state index in [9.17, 15) is 24.6 Å². The minimum absolute atomic E-state index is 0.00290. The summed E-state index contributed by atoms with van der Waals surface area (Å²) in [6, 6.07) is 10.1. The van der Waals surface area contributed by atoms with E-state index in [0.717, 1.165) is 16.9 Å². The number of anilines is 1. The first-order valence-corrected chi connectivity index (χ1v) is 12.6. The molecule has 3 heterocycles. The number of aromatic hydroxyl groups is 1. The molecule has 2 aromatic carbocycles. The molecule has 1 aromatic heterocycles. The smallest absolute Gasteiger partial charge is 0.350 e. The Kier molecular flexibility index (Phi) is 6.20. The summed E-state index contributed by atoms with van der Waals surface area (Å²) in [6.45, 7) is 5.42. The van der Waals surface area contributed by atoms with Crippen molar-refractivity contribution in [1.29, 1.82) is 0 Å². The van der Waals surface area contributed by atoms with Crippen LogP contribution in [-0.2, 0) is 20.7 Å². The number of esters is 1. The van der Waals surface area contributed by atoms with Gasteiger partial charge in [-0.2, -0.15) is 0 Å². The first-order valence-electron chi connectivity index (χ1n) is 11.7. The summed E-state index contributed by atoms with van der Waals surface area (Å²) < 4.78 is 10.8. The molecular weight excluding hydrogens is 496 g/mol. The molecule has 190 valence electrons. The SMILES string of the molecule is CCOC(=O)c1sc(N2C(=O)C(=O)/C(=C(/O)c3ccc4c(c3)CC(C)O4)C2c2ccc(O)cc2)nc1C. The predicted octanol–water partition coefficient (Wildman–Crippen LogP) is 4.28. The van der Waals surface area contributed by atoms with Gasteiger partial charge in [-0.1, -0.05) is 23.5 Å². The third-order valence-corrected chi connectivity index (χ3v) is 7.41. The molecule has 2 aliphatic heterocycles. The topological polar surface area (TPSA) is 126 Å². The van der Waals surface area contributed by atoms with Gasteiger partial charge in [0.15, 0.2) is 5.13 Å². The van der Waals surface area contributed by atoms with Crippen LogP contribution in [0.3, 0.4) is 0 Å². The van der Waals surface area contributed by atoms with Gasteiger partial charge in [0, 0.05) is 12.0 Å². The highest BCUT2D eigenvalue weighted by Crippen LogP contribution is 2.44. The van der Waals surface area contributed by atoms with Gasteiger partial charge in [-0.05, 0) is 62.2 Å². The lowest BCUT2D eigenvalue weighted by Crippen LogP contribution is -2.29. The number of fused-ring (bicyclic) bond motifs is 1. The summed E-state index contributed by atoms with van der Waals surface area (Å²) >= 11 is 0.935. The van der Waals surface area contributed by atoms with Crippen LogP contribution in [0.2, 0.25) is 0 Å². The van der Waals surface area contributed by atoms with Crippen molar-refractivity contribution in [2.75, 3.05) is 11.5 Å². The molecule has 10 heteroatoms. The third kappa shape index (κ3) is 4.23. The van der Waals surface area contributed by atoms with Crippen LogP contribution in [0.25, 0.3) is 5.76 Å². The standard InChI is InChI=1S/C27H24N2O7S/c1-4-35-26(34)24-14(3)28-27(37-24)29-21(15-5-8-18(30)9-6-15)20(23(32)25(29)33)22(31)16-7-10-19-17(12-16)11-13(2)36-19/h5-10,12-13,21,30-31H,4,11H2,1-3H3/b22-20+. The van der Waals surface area contributed by atoms with Gasteiger partial charge in [-0.15, -0.1) is 0 Å². The zero-order valence-corrected chi connectivity index (χ0v) is 21.2. The van der Waals surface area contributed by atoms with Crippen LogP contribution >= 0.6 is 11.3 Å². The van der Waals surface area contributed by atoms with Gasteiger partial charge in [-0.3, -0.25) is 14.5 Å². The number of hydrogen-bond acceptors (Lipinski definition) is 9. The summed E-state index contributed by atoms with van der Waals surface area (Å²) in [4.78, 5) is 44.9. The number of aliphatic hydroxyl groups excluding tert-OH is 1. The van der Waals surface area contributed by atoms with Crippen molar-refractivity contribution in [3.63, 3.8) is 0 Å². The van der Waals surface area contributed by atoms with Crippen molar-refractivity contribution < 1.29 is 34.1 Å². The fourth-order valence-corrected chi connectivity index (χ4v) is 5.59. The number of phenolic OH excluding ortho intramolecular Hbond substituents is 1. The van der Waals surface area contributed by atoms with E-state index < -0.39 is 23.7 Å². The van der Waals surface area contributed by atoms with Crippen LogP contribution in [0.15, 0.2) is 48.0 Å². The highest BCUT2D eigenvalue weighted by atomic mass is 32.1. The number of phenols is 1. The normalized spacial score (nSPS) is 20.1. The number of amides is 1. The second kappa shape index (κ2) is 9.36. The van der Waals surface area contributed by atoms with Crippen LogP contribution < -0.4 is 9.64 Å². The fraction of sp³-hybridized carbons (Fsp3) is 0.259. The molecule has 2 unspecified atom stereocenters. The van der Waals surface area contributed by atoms with Crippen molar-refractivity contribution in [2.24, 2.45) is 0 Å². The number of aromatic nitrogens is 1. The van der Waals surface area contributed by atoms with E-state index >= 15 is 0 Å². The Bertz CT molecular complexity index is 1460. The van der Waals surface area contributed by atoms with Crippen molar-refractivity contribution >= 4 is 39.9 Å². The highest BCUT2D eigenvalue weighted by molar-refractivity contribution is 7.17. The number of carbonyl (C=O) groups excluding carboxylic acids is 3. The van der Waals surface area contributed by atoms with Gasteiger partial charge < -0.3 is 19.7 Å². The molecule has 1 fully saturated rings. The van der Waals surface area contributed by atoms with Crippen LogP contribution in [0.4, 0.5) is 5.13 Å². The van der Waals surface area contributed by atoms with Crippen molar-refractivity contribution in [3.05, 3.63) is 75.3 Å². The Morgan fingerprint density at radius 2 is 1.95 bits per heavy atom. The lowest BCUT2D eigenvalue weighted by molar-refractivity contribution is -0.132. The van der Waals surface area contributed by atoms with Gasteiger partial charge in [0.05, 0.1) is 23.9 Å². The number of Topliss-reactive ketones (excluding diaryl/α,β-unsaturated/α-hetero) is 1. The maximum Gasteiger partial charge on any atom is 0.350 e. The van der Waals surface area contributed by atoms with Gasteiger partial charge in [-0.25, -0.2) is 9.78 Å². The molecular formula is C27H24N2O7S. The molecule has 0 aliphatic carbocycles. The van der Waals surface area contributed by atoms with Crippen LogP contribution in [0.5, 0.6) is 11.5 Å². The van der Waals surface area contributed by atoms with E-state index in [1.807, 2.05) is 6.92 Å². The zero-order valence-electron chi connectivity index (χ0n) is 20.3. The molecule has 0 radical (unpaired) electrons. The quantitative estimate of drug-likeness (QED) is 0.221. The second-order valence-corrected chi connectivity index (χ2v) is 9.82. The number of nitrogens with zero attached hydrogens (tertiary/aromatic N) is 2. The largest absolute Gasteiger partial charge is 0.508 e. The van der Waals surface area contributed by atoms with Crippen molar-refractivity contribution in [1.82, 2.24) is 4.98 Å². The number of aliphatic hydroxyl groups is 1. The minimum atomic E-state index is -1.04. The molecule has 3 aromatic rings. The number of aryl methyl sites for hydroxylation is 1. The van der Waals surface area contributed by atoms with Gasteiger partial charge in [0.25, 0.3) is 5.78 Å². The number of thiazole rings is 1. The lowest BCUT2D eigenvalue weighted by Gasteiger charge is -2.23. The van der Waals surface area contributed by atoms with Gasteiger partial charge in [0.1, 0.15) is 28.2 Å². The van der Waals surface area contributed by atoms with E-state index in [0.29, 0.717) is 29.0 Å². The first kappa shape index (κ1) is 24.5. The summed E-state index contributed by atoms with van der Waals surface area (Å²) in [5.41, 5.74) is 1.98. The van der Waals surface area contributed by atoms with Crippen molar-refractivity contribution in [2.45, 2.75) is 39.3 Å². The Labute approximate surface area is 216 Å². The molecule has 1 amide bonds. The highest BCUT2D eigenvalue weighted by Gasteiger charge is 2.48. The minimum Gasteiger partial charge on any atom is -0.508 e. The maximum atomic E-state index is 13.4. The van der Waals surface area contributed by atoms with E-state index in [1.165, 1.54) is 17.0 Å². The number of benzene rings is 2. The summed E-state index contributed by atoms with van der Waals surface area (Å²) in [5.74, 6) is -1.96. The Morgan fingerprint density at radius 3 is 2.65 bits per heavy atom. The third-order valence-electron chi connectivity index (χ3n) is 6.27. The first-order chi connectivity index (χ1) is 17.7. The zero-order chi connectivity index (χ0) is 26.4. The number of ether oxygens (including phenoxy) is 2. The van der Waals surface area contributed by atoms with E-state index in [1.54, 1.807) is 44.2 Å². The molecule has 2 atom stereocenters. The fourth-order valence-electron chi connectivity index (χ4n) is 4.60. The molecule has 1 saturated heterocycles. The van der Waals surface area contributed by atoms with Crippen LogP contribution in [-0.4, -0.2) is 45.6 Å². The Balaban J connectivity index is 1.66. The number of rotatable bonds is 5. The van der Waals surface area contributed by atoms with Gasteiger partial charge >= 0.3 is 11.9 Å². The maximum absolute atomic E-state index is 13.4. The molecule has 9 nitrogen and oxygen atoms in total. The summed E-state index contributed by atoms with van der Waals surface area (Å²) in [6.07, 6.45) is 0.651. The molecule has 0 spiro atoms. The van der Waals surface area contributed by atoms with E-state index in [-0.39, 0.29) is 39.8 Å².